The lowest BCUT2D eigenvalue weighted by atomic mass is 10.3. The number of carbonyl (C=O) groups is 2. The van der Waals surface area contributed by atoms with Crippen LogP contribution in [0.2, 0.25) is 0 Å². The van der Waals surface area contributed by atoms with Gasteiger partial charge in [-0.3, -0.25) is 10.1 Å². The molecule has 0 aliphatic heterocycles. The predicted molar refractivity (Wildman–Crippen MR) is 74.2 cm³/mol. The van der Waals surface area contributed by atoms with Gasteiger partial charge in [-0.05, 0) is 24.3 Å². The summed E-state index contributed by atoms with van der Waals surface area (Å²) in [5.74, 6) is -0.143. The van der Waals surface area contributed by atoms with E-state index in [0.717, 1.165) is 0 Å². The molecule has 0 saturated heterocycles. The fraction of sp³-hybridized carbons (Fsp3) is 0.231. The van der Waals surface area contributed by atoms with Gasteiger partial charge in [0.1, 0.15) is 0 Å². The van der Waals surface area contributed by atoms with E-state index in [1.54, 1.807) is 30.3 Å². The van der Waals surface area contributed by atoms with Crippen LogP contribution in [0.25, 0.3) is 0 Å². The molecule has 0 saturated carbocycles. The van der Waals surface area contributed by atoms with Gasteiger partial charge in [0, 0.05) is 17.9 Å². The van der Waals surface area contributed by atoms with Crippen molar-refractivity contribution in [2.24, 2.45) is 0 Å². The number of methoxy groups -OCH3 is 1. The number of rotatable bonds is 6. The highest BCUT2D eigenvalue weighted by Gasteiger charge is 2.03. The Bertz CT molecular complexity index is 443. The summed E-state index contributed by atoms with van der Waals surface area (Å²) >= 11 is 0. The van der Waals surface area contributed by atoms with Gasteiger partial charge in [-0.2, -0.15) is 0 Å². The molecule has 0 aliphatic carbocycles. The lowest BCUT2D eigenvalue weighted by Gasteiger charge is -2.07. The average molecular weight is 263 g/mol. The second kappa shape index (κ2) is 7.88. The Labute approximate surface area is 111 Å². The molecule has 102 valence electrons. The summed E-state index contributed by atoms with van der Waals surface area (Å²) < 4.78 is 4.47. The van der Waals surface area contributed by atoms with Gasteiger partial charge in [0.15, 0.2) is 0 Å². The van der Waals surface area contributed by atoms with Crippen LogP contribution in [0.15, 0.2) is 36.9 Å². The van der Waals surface area contributed by atoms with Crippen molar-refractivity contribution in [3.05, 3.63) is 36.9 Å². The van der Waals surface area contributed by atoms with E-state index in [0.29, 0.717) is 17.9 Å². The third-order valence-corrected chi connectivity index (χ3v) is 2.17. The average Bonchev–Trinajstić information content (AvgIpc) is 2.41. The van der Waals surface area contributed by atoms with E-state index in [4.69, 9.17) is 0 Å². The summed E-state index contributed by atoms with van der Waals surface area (Å²) in [6, 6.07) is 6.72. The maximum Gasteiger partial charge on any atom is 0.411 e. The number of hydrogen-bond donors (Lipinski definition) is 3. The maximum absolute atomic E-state index is 11.5. The molecule has 6 heteroatoms. The molecule has 6 nitrogen and oxygen atoms in total. The molecule has 0 atom stereocenters. The minimum atomic E-state index is -0.537. The maximum atomic E-state index is 11.5. The van der Waals surface area contributed by atoms with E-state index < -0.39 is 6.09 Å². The van der Waals surface area contributed by atoms with Gasteiger partial charge in [0.25, 0.3) is 0 Å². The smallest absolute Gasteiger partial charge is 0.411 e. The number of benzene rings is 1. The van der Waals surface area contributed by atoms with Crippen molar-refractivity contribution >= 4 is 23.4 Å². The van der Waals surface area contributed by atoms with Crippen molar-refractivity contribution in [1.82, 2.24) is 5.32 Å². The molecule has 2 amide bonds. The van der Waals surface area contributed by atoms with E-state index in [1.807, 2.05) is 0 Å². The highest BCUT2D eigenvalue weighted by molar-refractivity contribution is 5.92. The van der Waals surface area contributed by atoms with Crippen molar-refractivity contribution in [3.63, 3.8) is 0 Å². The van der Waals surface area contributed by atoms with Crippen LogP contribution >= 0.6 is 0 Å². The van der Waals surface area contributed by atoms with Crippen molar-refractivity contribution in [2.75, 3.05) is 30.8 Å². The van der Waals surface area contributed by atoms with Crippen LogP contribution in [-0.2, 0) is 9.53 Å². The van der Waals surface area contributed by atoms with Crippen LogP contribution in [-0.4, -0.2) is 32.2 Å². The topological polar surface area (TPSA) is 79.5 Å². The molecule has 1 rings (SSSR count). The van der Waals surface area contributed by atoms with Gasteiger partial charge in [-0.1, -0.05) is 6.08 Å². The first-order valence-electron chi connectivity index (χ1n) is 5.72. The lowest BCUT2D eigenvalue weighted by Crippen LogP contribution is -2.28. The number of amides is 2. The minimum Gasteiger partial charge on any atom is -0.453 e. The first-order valence-corrected chi connectivity index (χ1v) is 5.72. The zero-order chi connectivity index (χ0) is 14.1. The lowest BCUT2D eigenvalue weighted by molar-refractivity contribution is -0.115. The number of carbonyl (C=O) groups excluding carboxylic acids is 2. The fourth-order valence-electron chi connectivity index (χ4n) is 1.30. The molecule has 0 radical (unpaired) electrons. The van der Waals surface area contributed by atoms with Gasteiger partial charge in [-0.25, -0.2) is 4.79 Å². The number of hydrogen-bond acceptors (Lipinski definition) is 4. The van der Waals surface area contributed by atoms with Crippen LogP contribution in [0.4, 0.5) is 16.2 Å². The zero-order valence-corrected chi connectivity index (χ0v) is 10.7. The molecule has 3 N–H and O–H groups in total. The molecule has 0 heterocycles. The van der Waals surface area contributed by atoms with Gasteiger partial charge in [0.2, 0.25) is 5.91 Å². The Kier molecular flexibility index (Phi) is 6.11. The quantitative estimate of drug-likeness (QED) is 0.538. The largest absolute Gasteiger partial charge is 0.453 e. The molecule has 19 heavy (non-hydrogen) atoms. The van der Waals surface area contributed by atoms with Gasteiger partial charge < -0.3 is 15.4 Å². The van der Waals surface area contributed by atoms with Gasteiger partial charge in [-0.15, -0.1) is 6.58 Å². The fourth-order valence-corrected chi connectivity index (χ4v) is 1.30. The summed E-state index contributed by atoms with van der Waals surface area (Å²) in [5.41, 5.74) is 1.25. The van der Waals surface area contributed by atoms with Gasteiger partial charge >= 0.3 is 6.09 Å². The molecular weight excluding hydrogens is 246 g/mol. The van der Waals surface area contributed by atoms with Crippen LogP contribution in [0.1, 0.15) is 0 Å². The summed E-state index contributed by atoms with van der Waals surface area (Å²) in [6.45, 7) is 4.34. The van der Waals surface area contributed by atoms with Crippen molar-refractivity contribution < 1.29 is 14.3 Å². The van der Waals surface area contributed by atoms with Crippen molar-refractivity contribution in [3.8, 4) is 0 Å². The third kappa shape index (κ3) is 5.69. The summed E-state index contributed by atoms with van der Waals surface area (Å²) in [5, 5.41) is 8.13. The summed E-state index contributed by atoms with van der Waals surface area (Å²) in [7, 11) is 1.29. The summed E-state index contributed by atoms with van der Waals surface area (Å²) in [4.78, 5) is 22.5. The first-order chi connectivity index (χ1) is 9.15. The molecule has 0 unspecified atom stereocenters. The van der Waals surface area contributed by atoms with E-state index in [2.05, 4.69) is 27.3 Å². The Morgan fingerprint density at radius 1 is 1.21 bits per heavy atom. The van der Waals surface area contributed by atoms with E-state index in [-0.39, 0.29) is 12.5 Å². The third-order valence-electron chi connectivity index (χ3n) is 2.17. The number of ether oxygens (including phenoxy) is 1. The molecule has 1 aromatic rings. The molecule has 0 aromatic heterocycles. The normalized spacial score (nSPS) is 9.53. The highest BCUT2D eigenvalue weighted by atomic mass is 16.5. The Balaban J connectivity index is 2.45. The Morgan fingerprint density at radius 2 is 1.79 bits per heavy atom. The molecule has 1 aromatic carbocycles. The van der Waals surface area contributed by atoms with Crippen LogP contribution in [0.3, 0.4) is 0 Å². The van der Waals surface area contributed by atoms with Crippen LogP contribution in [0, 0.1) is 0 Å². The molecule has 0 aliphatic rings. The predicted octanol–water partition coefficient (Wildman–Crippen LogP) is 1.58. The van der Waals surface area contributed by atoms with Gasteiger partial charge in [0.05, 0.1) is 13.7 Å². The van der Waals surface area contributed by atoms with E-state index in [1.165, 1.54) is 7.11 Å². The van der Waals surface area contributed by atoms with Crippen LogP contribution < -0.4 is 16.0 Å². The van der Waals surface area contributed by atoms with E-state index >= 15 is 0 Å². The monoisotopic (exact) mass is 263 g/mol. The molecule has 0 bridgehead atoms. The second-order valence-electron chi connectivity index (χ2n) is 3.66. The second-order valence-corrected chi connectivity index (χ2v) is 3.66. The highest BCUT2D eigenvalue weighted by Crippen LogP contribution is 2.13. The zero-order valence-electron chi connectivity index (χ0n) is 10.7. The minimum absolute atomic E-state index is 0.143. The Hall–Kier alpha value is -2.34. The Morgan fingerprint density at radius 3 is 2.32 bits per heavy atom. The molecule has 0 spiro atoms. The van der Waals surface area contributed by atoms with Crippen molar-refractivity contribution in [1.29, 1.82) is 0 Å². The first kappa shape index (κ1) is 14.7. The standard InChI is InChI=1S/C13H17N3O3/c1-3-8-14-9-12(17)15-10-4-6-11(7-5-10)16-13(18)19-2/h3-7,14H,1,8-9H2,2H3,(H,15,17)(H,16,18). The number of nitrogens with one attached hydrogen (secondary N) is 3. The number of anilines is 2. The van der Waals surface area contributed by atoms with Crippen molar-refractivity contribution in [2.45, 2.75) is 0 Å². The van der Waals surface area contributed by atoms with E-state index in [9.17, 15) is 9.59 Å². The summed E-state index contributed by atoms with van der Waals surface area (Å²) in [6.07, 6.45) is 1.14. The van der Waals surface area contributed by atoms with Crippen LogP contribution in [0.5, 0.6) is 0 Å². The molecule has 0 fully saturated rings. The molecular formula is C13H17N3O3. The SMILES string of the molecule is C=CCNCC(=O)Nc1ccc(NC(=O)OC)cc1.